The van der Waals surface area contributed by atoms with Crippen molar-refractivity contribution in [2.24, 2.45) is 0 Å². The Kier molecular flexibility index (Phi) is 6.08. The number of aryl methyl sites for hydroxylation is 1. The van der Waals surface area contributed by atoms with Gasteiger partial charge in [0.1, 0.15) is 17.5 Å². The van der Waals surface area contributed by atoms with Crippen molar-refractivity contribution in [1.82, 2.24) is 4.98 Å². The quantitative estimate of drug-likeness (QED) is 0.438. The average Bonchev–Trinajstić information content (AvgIpc) is 3.15. The first-order chi connectivity index (χ1) is 13.9. The van der Waals surface area contributed by atoms with E-state index < -0.39 is 16.9 Å². The number of carbonyl (C=O) groups excluding carboxylic acids is 1. The van der Waals surface area contributed by atoms with E-state index in [1.807, 2.05) is 36.6 Å². The van der Waals surface area contributed by atoms with E-state index in [0.29, 0.717) is 5.75 Å². The van der Waals surface area contributed by atoms with Gasteiger partial charge >= 0.3 is 0 Å². The molecule has 0 aliphatic heterocycles. The fourth-order valence-corrected chi connectivity index (χ4v) is 3.31. The Hall–Kier alpha value is -3.46. The molecular weight excluding hydrogens is 392 g/mol. The maximum absolute atomic E-state index is 12.5. The summed E-state index contributed by atoms with van der Waals surface area (Å²) in [5.41, 5.74) is 2.55. The largest absolute Gasteiger partial charge is 0.496 e. The predicted octanol–water partition coefficient (Wildman–Crippen LogP) is 4.47. The first kappa shape index (κ1) is 20.3. The summed E-state index contributed by atoms with van der Waals surface area (Å²) in [5.74, 6) is -0.0475. The lowest BCUT2D eigenvalue weighted by atomic mass is 10.1. The molecule has 8 nitrogen and oxygen atoms in total. The van der Waals surface area contributed by atoms with E-state index >= 15 is 0 Å². The molecule has 0 unspecified atom stereocenters. The maximum Gasteiger partial charge on any atom is 0.296 e. The highest BCUT2D eigenvalue weighted by atomic mass is 32.1. The van der Waals surface area contributed by atoms with E-state index in [-0.39, 0.29) is 11.4 Å². The van der Waals surface area contributed by atoms with Crippen LogP contribution >= 0.6 is 11.3 Å². The van der Waals surface area contributed by atoms with Crippen LogP contribution in [0.15, 0.2) is 47.8 Å². The number of hydrogen-bond acceptors (Lipinski definition) is 7. The molecule has 0 aliphatic carbocycles. The van der Waals surface area contributed by atoms with Gasteiger partial charge in [0, 0.05) is 16.6 Å². The van der Waals surface area contributed by atoms with Crippen LogP contribution in [0.5, 0.6) is 5.75 Å². The number of nitro groups is 1. The number of nitro benzene ring substituents is 1. The number of thiazole rings is 1. The third-order valence-electron chi connectivity index (χ3n) is 4.24. The molecule has 0 saturated carbocycles. The van der Waals surface area contributed by atoms with Gasteiger partial charge in [-0.15, -0.1) is 11.3 Å². The molecule has 3 aromatic rings. The number of hydrogen-bond donors (Lipinski definition) is 2. The van der Waals surface area contributed by atoms with Crippen molar-refractivity contribution >= 4 is 34.3 Å². The van der Waals surface area contributed by atoms with Crippen LogP contribution in [0.2, 0.25) is 0 Å². The Morgan fingerprint density at radius 3 is 2.55 bits per heavy atom. The number of methoxy groups -OCH3 is 1. The van der Waals surface area contributed by atoms with Gasteiger partial charge in [-0.25, -0.2) is 4.98 Å². The molecule has 1 aromatic heterocycles. The smallest absolute Gasteiger partial charge is 0.296 e. The molecular formula is C20H20N4O4S. The highest BCUT2D eigenvalue weighted by Gasteiger charge is 2.20. The summed E-state index contributed by atoms with van der Waals surface area (Å²) in [4.78, 5) is 27.7. The second kappa shape index (κ2) is 8.70. The molecule has 0 spiro atoms. The van der Waals surface area contributed by atoms with Gasteiger partial charge in [-0.1, -0.05) is 12.1 Å². The Morgan fingerprint density at radius 1 is 1.24 bits per heavy atom. The zero-order valence-corrected chi connectivity index (χ0v) is 16.9. The van der Waals surface area contributed by atoms with Crippen molar-refractivity contribution in [2.45, 2.75) is 19.9 Å². The minimum atomic E-state index is -0.607. The standard InChI is InChI=1S/C20H20N4O4S/c1-12(20(25)23-17-9-8-16(28-3)10-19(17)24(26)27)21-15-6-4-14(5-7-15)18-11-29-13(2)22-18/h4-12,21H,1-3H3,(H,23,25)/t12-/m1/s1. The lowest BCUT2D eigenvalue weighted by Crippen LogP contribution is -2.32. The number of anilines is 2. The van der Waals surface area contributed by atoms with E-state index in [1.165, 1.54) is 19.2 Å². The summed E-state index contributed by atoms with van der Waals surface area (Å²) < 4.78 is 5.00. The third kappa shape index (κ3) is 4.88. The minimum absolute atomic E-state index is 0.115. The monoisotopic (exact) mass is 412 g/mol. The molecule has 29 heavy (non-hydrogen) atoms. The molecule has 1 atom stereocenters. The summed E-state index contributed by atoms with van der Waals surface area (Å²) in [6, 6.07) is 11.3. The van der Waals surface area contributed by atoms with Crippen molar-refractivity contribution in [3.05, 3.63) is 63.0 Å². The van der Waals surface area contributed by atoms with Crippen molar-refractivity contribution in [3.63, 3.8) is 0 Å². The van der Waals surface area contributed by atoms with Gasteiger partial charge in [0.2, 0.25) is 5.91 Å². The van der Waals surface area contributed by atoms with Crippen molar-refractivity contribution in [2.75, 3.05) is 17.7 Å². The van der Waals surface area contributed by atoms with E-state index in [2.05, 4.69) is 15.6 Å². The number of ether oxygens (including phenoxy) is 1. The molecule has 0 saturated heterocycles. The highest BCUT2D eigenvalue weighted by Crippen LogP contribution is 2.29. The van der Waals surface area contributed by atoms with Crippen LogP contribution in [0.25, 0.3) is 11.3 Å². The topological polar surface area (TPSA) is 106 Å². The van der Waals surface area contributed by atoms with Gasteiger partial charge in [0.25, 0.3) is 5.69 Å². The van der Waals surface area contributed by atoms with Crippen LogP contribution < -0.4 is 15.4 Å². The van der Waals surface area contributed by atoms with Gasteiger partial charge in [0.05, 0.1) is 28.8 Å². The lowest BCUT2D eigenvalue weighted by molar-refractivity contribution is -0.384. The van der Waals surface area contributed by atoms with E-state index in [9.17, 15) is 14.9 Å². The van der Waals surface area contributed by atoms with Crippen LogP contribution in [-0.2, 0) is 4.79 Å². The molecule has 0 fully saturated rings. The van der Waals surface area contributed by atoms with Gasteiger partial charge in [-0.05, 0) is 38.1 Å². The number of nitrogens with zero attached hydrogens (tertiary/aromatic N) is 2. The van der Waals surface area contributed by atoms with Crippen LogP contribution in [0.3, 0.4) is 0 Å². The molecule has 1 amide bonds. The number of rotatable bonds is 7. The van der Waals surface area contributed by atoms with Gasteiger partial charge < -0.3 is 15.4 Å². The number of benzene rings is 2. The van der Waals surface area contributed by atoms with E-state index in [1.54, 1.807) is 24.3 Å². The summed E-state index contributed by atoms with van der Waals surface area (Å²) in [6.07, 6.45) is 0. The molecule has 0 bridgehead atoms. The van der Waals surface area contributed by atoms with Crippen molar-refractivity contribution < 1.29 is 14.5 Å². The molecule has 2 N–H and O–H groups in total. The van der Waals surface area contributed by atoms with Crippen LogP contribution in [-0.4, -0.2) is 29.0 Å². The van der Waals surface area contributed by atoms with Gasteiger partial charge in [-0.3, -0.25) is 14.9 Å². The van der Waals surface area contributed by atoms with Gasteiger partial charge in [-0.2, -0.15) is 0 Å². The predicted molar refractivity (Wildman–Crippen MR) is 114 cm³/mol. The Morgan fingerprint density at radius 2 is 1.97 bits per heavy atom. The van der Waals surface area contributed by atoms with Crippen LogP contribution in [0.4, 0.5) is 17.1 Å². The van der Waals surface area contributed by atoms with E-state index in [4.69, 9.17) is 4.74 Å². The summed E-state index contributed by atoms with van der Waals surface area (Å²) >= 11 is 1.59. The zero-order chi connectivity index (χ0) is 21.0. The van der Waals surface area contributed by atoms with Crippen LogP contribution in [0, 0.1) is 17.0 Å². The highest BCUT2D eigenvalue weighted by molar-refractivity contribution is 7.09. The summed E-state index contributed by atoms with van der Waals surface area (Å²) in [7, 11) is 1.42. The molecule has 1 heterocycles. The Labute approximate surface area is 171 Å². The maximum atomic E-state index is 12.5. The second-order valence-corrected chi connectivity index (χ2v) is 7.39. The minimum Gasteiger partial charge on any atom is -0.496 e. The number of aromatic nitrogens is 1. The van der Waals surface area contributed by atoms with E-state index in [0.717, 1.165) is 22.0 Å². The zero-order valence-electron chi connectivity index (χ0n) is 16.1. The summed E-state index contributed by atoms with van der Waals surface area (Å²) in [6.45, 7) is 3.64. The second-order valence-electron chi connectivity index (χ2n) is 6.32. The first-order valence-electron chi connectivity index (χ1n) is 8.80. The fraction of sp³-hybridized carbons (Fsp3) is 0.200. The van der Waals surface area contributed by atoms with Crippen molar-refractivity contribution in [1.29, 1.82) is 0 Å². The molecule has 2 aromatic carbocycles. The molecule has 0 aliphatic rings. The Bertz CT molecular complexity index is 1030. The average molecular weight is 412 g/mol. The molecule has 3 rings (SSSR count). The summed E-state index contributed by atoms with van der Waals surface area (Å²) in [5, 5.41) is 19.9. The lowest BCUT2D eigenvalue weighted by Gasteiger charge is -2.16. The van der Waals surface area contributed by atoms with Gasteiger partial charge in [0.15, 0.2) is 0 Å². The Balaban J connectivity index is 1.67. The molecule has 150 valence electrons. The molecule has 9 heteroatoms. The first-order valence-corrected chi connectivity index (χ1v) is 9.67. The van der Waals surface area contributed by atoms with Crippen LogP contribution in [0.1, 0.15) is 11.9 Å². The number of amides is 1. The normalized spacial score (nSPS) is 11.6. The molecule has 0 radical (unpaired) electrons. The SMILES string of the molecule is COc1ccc(NC(=O)[C@@H](C)Nc2ccc(-c3csc(C)n3)cc2)c([N+](=O)[O-])c1. The number of nitrogens with one attached hydrogen (secondary N) is 2. The fourth-order valence-electron chi connectivity index (χ4n) is 2.68. The third-order valence-corrected chi connectivity index (χ3v) is 5.01. The van der Waals surface area contributed by atoms with Crippen molar-refractivity contribution in [3.8, 4) is 17.0 Å². The number of carbonyl (C=O) groups is 1.